The lowest BCUT2D eigenvalue weighted by Gasteiger charge is -2.27. The van der Waals surface area contributed by atoms with Crippen molar-refractivity contribution >= 4 is 44.2 Å². The summed E-state index contributed by atoms with van der Waals surface area (Å²) in [6.45, 7) is 3.37. The maximum atomic E-state index is 13.8. The molecule has 0 fully saturated rings. The Labute approximate surface area is 208 Å². The fourth-order valence-electron chi connectivity index (χ4n) is 4.49. The quantitative estimate of drug-likeness (QED) is 0.424. The van der Waals surface area contributed by atoms with Crippen molar-refractivity contribution in [3.8, 4) is 5.75 Å². The molecule has 4 rings (SSSR count). The van der Waals surface area contributed by atoms with Crippen LogP contribution in [0, 0.1) is 0 Å². The number of para-hydroxylation sites is 1. The molecule has 1 heterocycles. The third kappa shape index (κ3) is 5.26. The van der Waals surface area contributed by atoms with Crippen LogP contribution >= 0.6 is 15.9 Å². The zero-order valence-electron chi connectivity index (χ0n) is 19.6. The molecule has 0 bridgehead atoms. The molecule has 2 amide bonds. The zero-order valence-corrected chi connectivity index (χ0v) is 21.2. The highest BCUT2D eigenvalue weighted by molar-refractivity contribution is 9.10. The lowest BCUT2D eigenvalue weighted by molar-refractivity contribution is -0.127. The van der Waals surface area contributed by atoms with Gasteiger partial charge in [-0.15, -0.1) is 0 Å². The summed E-state index contributed by atoms with van der Waals surface area (Å²) in [7, 11) is 1.65. The van der Waals surface area contributed by atoms with Gasteiger partial charge in [0.25, 0.3) is 0 Å². The minimum Gasteiger partial charge on any atom is -0.496 e. The molecular formula is C27H30BrN3O3. The minimum atomic E-state index is -0.585. The monoisotopic (exact) mass is 523 g/mol. The molecule has 2 N–H and O–H groups in total. The Morgan fingerprint density at radius 2 is 2.00 bits per heavy atom. The third-order valence-corrected chi connectivity index (χ3v) is 6.68. The Balaban J connectivity index is 1.70. The van der Waals surface area contributed by atoms with Gasteiger partial charge >= 0.3 is 0 Å². The number of nitrogens with one attached hydrogen (secondary N) is 2. The summed E-state index contributed by atoms with van der Waals surface area (Å²) in [5, 5.41) is 8.16. The first-order valence-corrected chi connectivity index (χ1v) is 12.5. The number of methoxy groups -OCH3 is 1. The summed E-state index contributed by atoms with van der Waals surface area (Å²) < 4.78 is 6.69. The van der Waals surface area contributed by atoms with Crippen LogP contribution in [0.1, 0.15) is 30.9 Å². The van der Waals surface area contributed by atoms with E-state index in [1.807, 2.05) is 42.5 Å². The summed E-state index contributed by atoms with van der Waals surface area (Å²) in [5.74, 6) is 0.462. The minimum absolute atomic E-state index is 0.107. The van der Waals surface area contributed by atoms with Gasteiger partial charge in [-0.1, -0.05) is 53.2 Å². The molecular weight excluding hydrogens is 494 g/mol. The van der Waals surface area contributed by atoms with E-state index in [1.54, 1.807) is 12.0 Å². The van der Waals surface area contributed by atoms with E-state index in [9.17, 15) is 9.59 Å². The molecule has 0 spiro atoms. The number of ether oxygens (including phenoxy) is 1. The van der Waals surface area contributed by atoms with Crippen molar-refractivity contribution in [2.45, 2.75) is 38.8 Å². The molecule has 7 heteroatoms. The molecule has 1 unspecified atom stereocenters. The molecule has 3 aromatic rings. The predicted molar refractivity (Wildman–Crippen MR) is 139 cm³/mol. The number of fused-ring (bicyclic) bond motifs is 2. The number of anilines is 1. The first-order valence-electron chi connectivity index (χ1n) is 11.7. The fraction of sp³-hybridized carbons (Fsp3) is 0.333. The normalized spacial score (nSPS) is 15.7. The first-order chi connectivity index (χ1) is 16.5. The Morgan fingerprint density at radius 1 is 1.18 bits per heavy atom. The Hall–Kier alpha value is -2.90. The summed E-state index contributed by atoms with van der Waals surface area (Å²) in [6.07, 6.45) is 2.22. The van der Waals surface area contributed by atoms with Crippen molar-refractivity contribution < 1.29 is 14.3 Å². The van der Waals surface area contributed by atoms with Gasteiger partial charge in [-0.05, 0) is 66.4 Å². The molecule has 1 aliphatic heterocycles. The average Bonchev–Trinajstić information content (AvgIpc) is 2.96. The van der Waals surface area contributed by atoms with Crippen molar-refractivity contribution in [3.63, 3.8) is 0 Å². The number of hydrogen-bond acceptors (Lipinski definition) is 4. The number of nitrogens with zero attached hydrogens (tertiary/aromatic N) is 1. The molecule has 1 aliphatic rings. The van der Waals surface area contributed by atoms with E-state index in [0.29, 0.717) is 19.4 Å². The molecule has 0 saturated heterocycles. The van der Waals surface area contributed by atoms with Crippen LogP contribution in [0.2, 0.25) is 0 Å². The summed E-state index contributed by atoms with van der Waals surface area (Å²) in [6, 6.07) is 17.5. The van der Waals surface area contributed by atoms with Crippen molar-refractivity contribution in [2.75, 3.05) is 25.1 Å². The largest absolute Gasteiger partial charge is 0.496 e. The molecule has 1 atom stereocenters. The van der Waals surface area contributed by atoms with Crippen LogP contribution in [0.3, 0.4) is 0 Å². The van der Waals surface area contributed by atoms with Crippen LogP contribution in [0.5, 0.6) is 5.75 Å². The van der Waals surface area contributed by atoms with E-state index in [2.05, 4.69) is 45.6 Å². The lowest BCUT2D eigenvalue weighted by atomic mass is 10.0. The van der Waals surface area contributed by atoms with Crippen LogP contribution in [0.4, 0.5) is 5.69 Å². The maximum Gasteiger partial charge on any atom is 0.249 e. The van der Waals surface area contributed by atoms with Gasteiger partial charge in [0.2, 0.25) is 11.8 Å². The summed E-state index contributed by atoms with van der Waals surface area (Å²) >= 11 is 3.54. The van der Waals surface area contributed by atoms with E-state index in [4.69, 9.17) is 4.74 Å². The highest BCUT2D eigenvalue weighted by atomic mass is 79.9. The van der Waals surface area contributed by atoms with E-state index >= 15 is 0 Å². The van der Waals surface area contributed by atoms with E-state index in [0.717, 1.165) is 50.8 Å². The van der Waals surface area contributed by atoms with Crippen molar-refractivity contribution in [2.24, 2.45) is 0 Å². The zero-order chi connectivity index (χ0) is 24.1. The van der Waals surface area contributed by atoms with Gasteiger partial charge in [-0.3, -0.25) is 9.59 Å². The van der Waals surface area contributed by atoms with Gasteiger partial charge < -0.3 is 20.3 Å². The predicted octanol–water partition coefficient (Wildman–Crippen LogP) is 4.57. The number of carbonyl (C=O) groups is 2. The molecule has 3 aromatic carbocycles. The Morgan fingerprint density at radius 3 is 2.79 bits per heavy atom. The van der Waals surface area contributed by atoms with E-state index < -0.39 is 6.04 Å². The molecule has 0 aliphatic carbocycles. The van der Waals surface area contributed by atoms with Crippen molar-refractivity contribution in [1.82, 2.24) is 10.6 Å². The van der Waals surface area contributed by atoms with E-state index in [-0.39, 0.29) is 18.4 Å². The highest BCUT2D eigenvalue weighted by Crippen LogP contribution is 2.34. The van der Waals surface area contributed by atoms with Crippen molar-refractivity contribution in [1.29, 1.82) is 0 Å². The number of rotatable bonds is 8. The molecule has 0 saturated carbocycles. The SMILES string of the molecule is CCCNCC(=O)NC1CCc2ccccc2N(Cc2c(OC)ccc3cc(Br)ccc23)C1=O. The fourth-order valence-corrected chi connectivity index (χ4v) is 4.87. The standard InChI is InChI=1S/C27H30BrN3O3/c1-3-14-29-16-26(32)30-23-12-8-18-6-4-5-7-24(18)31(27(23)33)17-22-21-11-10-20(28)15-19(21)9-13-25(22)34-2/h4-7,9-11,13,15,23,29H,3,8,12,14,16-17H2,1-2H3,(H,30,32). The number of benzene rings is 3. The highest BCUT2D eigenvalue weighted by Gasteiger charge is 2.32. The van der Waals surface area contributed by atoms with Crippen LogP contribution < -0.4 is 20.3 Å². The van der Waals surface area contributed by atoms with Gasteiger partial charge in [0, 0.05) is 15.7 Å². The maximum absolute atomic E-state index is 13.8. The molecule has 178 valence electrons. The lowest BCUT2D eigenvalue weighted by Crippen LogP contribution is -2.49. The van der Waals surface area contributed by atoms with Crippen LogP contribution in [-0.4, -0.2) is 38.1 Å². The van der Waals surface area contributed by atoms with Crippen LogP contribution in [0.15, 0.2) is 59.1 Å². The van der Waals surface area contributed by atoms with Crippen LogP contribution in [-0.2, 0) is 22.6 Å². The van der Waals surface area contributed by atoms with E-state index in [1.165, 1.54) is 0 Å². The molecule has 0 radical (unpaired) electrons. The smallest absolute Gasteiger partial charge is 0.249 e. The average molecular weight is 524 g/mol. The topological polar surface area (TPSA) is 70.7 Å². The number of halogens is 1. The second-order valence-electron chi connectivity index (χ2n) is 8.50. The van der Waals surface area contributed by atoms with Gasteiger partial charge in [0.15, 0.2) is 0 Å². The number of aryl methyl sites for hydroxylation is 1. The molecule has 6 nitrogen and oxygen atoms in total. The first kappa shape index (κ1) is 24.2. The van der Waals surface area contributed by atoms with Gasteiger partial charge in [0.1, 0.15) is 11.8 Å². The Kier molecular flexibility index (Phi) is 7.85. The van der Waals surface area contributed by atoms with Crippen LogP contribution in [0.25, 0.3) is 10.8 Å². The third-order valence-electron chi connectivity index (χ3n) is 6.18. The number of amides is 2. The summed E-state index contributed by atoms with van der Waals surface area (Å²) in [5.41, 5.74) is 2.91. The van der Waals surface area contributed by atoms with Gasteiger partial charge in [-0.2, -0.15) is 0 Å². The molecule has 34 heavy (non-hydrogen) atoms. The summed E-state index contributed by atoms with van der Waals surface area (Å²) in [4.78, 5) is 28.1. The second-order valence-corrected chi connectivity index (χ2v) is 9.42. The molecule has 0 aromatic heterocycles. The van der Waals surface area contributed by atoms with Crippen molar-refractivity contribution in [3.05, 3.63) is 70.2 Å². The number of hydrogen-bond donors (Lipinski definition) is 2. The number of carbonyl (C=O) groups excluding carboxylic acids is 2. The van der Waals surface area contributed by atoms with Gasteiger partial charge in [0.05, 0.1) is 20.2 Å². The van der Waals surface area contributed by atoms with Gasteiger partial charge in [-0.25, -0.2) is 0 Å². The Bertz CT molecular complexity index is 1200. The second kappa shape index (κ2) is 11.0.